The summed E-state index contributed by atoms with van der Waals surface area (Å²) in [6, 6.07) is 13.2. The Balaban J connectivity index is 2.00. The number of hydrogen-bond acceptors (Lipinski definition) is 4. The smallest absolute Gasteiger partial charge is 0.300 e. The Morgan fingerprint density at radius 3 is 2.35 bits per heavy atom. The number of hydrogen-bond donors (Lipinski definition) is 1. The number of nitrogens with zero attached hydrogens (tertiary/aromatic N) is 1. The summed E-state index contributed by atoms with van der Waals surface area (Å²) in [5.41, 5.74) is -0.102. The Kier molecular flexibility index (Phi) is 6.84. The van der Waals surface area contributed by atoms with Crippen molar-refractivity contribution in [2.24, 2.45) is 0 Å². The summed E-state index contributed by atoms with van der Waals surface area (Å²) in [5.74, 6) is -2.84. The minimum absolute atomic E-state index is 0.00330. The number of amides is 1. The van der Waals surface area contributed by atoms with E-state index in [0.717, 1.165) is 4.90 Å². The number of halogens is 4. The third-order valence-electron chi connectivity index (χ3n) is 5.27. The number of ketones is 1. The molecule has 0 radical (unpaired) electrons. The number of ether oxygens (including phenoxy) is 1. The number of carbonyl (C=O) groups excluding carboxylic acids is 2. The minimum Gasteiger partial charge on any atom is -0.507 e. The molecule has 0 bridgehead atoms. The molecule has 0 saturated carbocycles. The maximum atomic E-state index is 15.0. The van der Waals surface area contributed by atoms with Crippen molar-refractivity contribution in [1.82, 2.24) is 0 Å². The van der Waals surface area contributed by atoms with Gasteiger partial charge in [0.15, 0.2) is 0 Å². The molecule has 1 aliphatic rings. The summed E-state index contributed by atoms with van der Waals surface area (Å²) in [5, 5.41) is 11.8. The van der Waals surface area contributed by atoms with Crippen molar-refractivity contribution in [3.05, 3.63) is 98.2 Å². The first-order valence-corrected chi connectivity index (χ1v) is 11.3. The molecule has 1 unspecified atom stereocenters. The van der Waals surface area contributed by atoms with Gasteiger partial charge in [-0.25, -0.2) is 4.39 Å². The molecule has 1 heterocycles. The highest BCUT2D eigenvalue weighted by Gasteiger charge is 2.48. The molecule has 1 N–H and O–H groups in total. The normalized spacial score (nSPS) is 17.3. The van der Waals surface area contributed by atoms with Crippen LogP contribution < -0.4 is 9.64 Å². The Bertz CT molecular complexity index is 1320. The van der Waals surface area contributed by atoms with E-state index in [1.807, 2.05) is 0 Å². The van der Waals surface area contributed by atoms with Crippen molar-refractivity contribution in [2.45, 2.75) is 13.0 Å². The molecule has 1 atom stereocenters. The van der Waals surface area contributed by atoms with Gasteiger partial charge in [0.2, 0.25) is 0 Å². The fraction of sp³-hybridized carbons (Fsp3) is 0.120. The molecule has 4 rings (SSSR count). The number of Topliss-reactive ketones (excluding diaryl/α,β-unsaturated/α-hetero) is 1. The van der Waals surface area contributed by atoms with Crippen LogP contribution in [0.15, 0.2) is 66.2 Å². The van der Waals surface area contributed by atoms with Gasteiger partial charge in [-0.05, 0) is 49.4 Å². The standard InChI is InChI=1S/C25H17Cl3FNO4/c1-2-34-16-7-8-19(28)18(12-16)23(31)21-22(17-5-3-4-6-20(17)29)30(25(33)24(21)32)15-10-13(26)9-14(27)11-15/h3-12,22,31H,2H2,1H3/b23-21+. The first-order valence-electron chi connectivity index (χ1n) is 10.2. The van der Waals surface area contributed by atoms with E-state index in [9.17, 15) is 19.1 Å². The second kappa shape index (κ2) is 9.66. The van der Waals surface area contributed by atoms with Crippen LogP contribution in [0.1, 0.15) is 24.1 Å². The van der Waals surface area contributed by atoms with E-state index in [-0.39, 0.29) is 37.5 Å². The van der Waals surface area contributed by atoms with E-state index in [4.69, 9.17) is 39.5 Å². The molecule has 0 aromatic heterocycles. The van der Waals surface area contributed by atoms with Crippen LogP contribution in [0, 0.1) is 5.82 Å². The van der Waals surface area contributed by atoms with Gasteiger partial charge in [0.25, 0.3) is 11.7 Å². The van der Waals surface area contributed by atoms with Crippen molar-refractivity contribution in [3.8, 4) is 5.75 Å². The summed E-state index contributed by atoms with van der Waals surface area (Å²) >= 11 is 18.6. The summed E-state index contributed by atoms with van der Waals surface area (Å²) in [7, 11) is 0. The lowest BCUT2D eigenvalue weighted by molar-refractivity contribution is -0.132. The van der Waals surface area contributed by atoms with Crippen LogP contribution in [0.4, 0.5) is 10.1 Å². The zero-order valence-corrected chi connectivity index (χ0v) is 20.0. The lowest BCUT2D eigenvalue weighted by Crippen LogP contribution is -2.29. The van der Waals surface area contributed by atoms with Crippen LogP contribution in [-0.2, 0) is 9.59 Å². The number of rotatable bonds is 5. The van der Waals surface area contributed by atoms with Crippen LogP contribution in [0.2, 0.25) is 15.1 Å². The van der Waals surface area contributed by atoms with Gasteiger partial charge in [-0.2, -0.15) is 0 Å². The Hall–Kier alpha value is -3.06. The second-order valence-electron chi connectivity index (χ2n) is 7.39. The third kappa shape index (κ3) is 4.37. The lowest BCUT2D eigenvalue weighted by Gasteiger charge is -2.26. The highest BCUT2D eigenvalue weighted by molar-refractivity contribution is 6.52. The van der Waals surface area contributed by atoms with Crippen LogP contribution >= 0.6 is 34.8 Å². The zero-order chi connectivity index (χ0) is 24.6. The van der Waals surface area contributed by atoms with Gasteiger partial charge in [0.1, 0.15) is 17.3 Å². The van der Waals surface area contributed by atoms with Gasteiger partial charge < -0.3 is 9.84 Å². The first kappa shape index (κ1) is 24.1. The van der Waals surface area contributed by atoms with E-state index in [2.05, 4.69) is 0 Å². The summed E-state index contributed by atoms with van der Waals surface area (Å²) in [6.45, 7) is 2.14. The molecule has 0 spiro atoms. The number of benzene rings is 3. The fourth-order valence-electron chi connectivity index (χ4n) is 3.86. The molecule has 1 aliphatic heterocycles. The predicted molar refractivity (Wildman–Crippen MR) is 130 cm³/mol. The summed E-state index contributed by atoms with van der Waals surface area (Å²) in [4.78, 5) is 27.5. The van der Waals surface area contributed by atoms with E-state index in [1.54, 1.807) is 19.1 Å². The molecule has 0 aliphatic carbocycles. The van der Waals surface area contributed by atoms with Gasteiger partial charge in [-0.3, -0.25) is 14.5 Å². The molecule has 5 nitrogen and oxygen atoms in total. The molecule has 1 amide bonds. The number of anilines is 1. The SMILES string of the molecule is CCOc1ccc(Cl)c(/C(O)=C2\C(=O)C(=O)N(c3cc(Cl)cc(Cl)c3)C2c2ccccc2F)c1. The molecule has 1 fully saturated rings. The second-order valence-corrected chi connectivity index (χ2v) is 8.67. The minimum atomic E-state index is -1.30. The molecule has 3 aromatic rings. The highest BCUT2D eigenvalue weighted by atomic mass is 35.5. The average Bonchev–Trinajstić information content (AvgIpc) is 3.05. The van der Waals surface area contributed by atoms with E-state index in [1.165, 1.54) is 48.5 Å². The third-order valence-corrected chi connectivity index (χ3v) is 6.04. The van der Waals surface area contributed by atoms with E-state index in [0.29, 0.717) is 12.4 Å². The van der Waals surface area contributed by atoms with Crippen molar-refractivity contribution < 1.29 is 23.8 Å². The first-order chi connectivity index (χ1) is 16.2. The Morgan fingerprint density at radius 2 is 1.71 bits per heavy atom. The van der Waals surface area contributed by atoms with Crippen molar-refractivity contribution >= 4 is 57.9 Å². The topological polar surface area (TPSA) is 66.8 Å². The molecular formula is C25H17Cl3FNO4. The largest absolute Gasteiger partial charge is 0.507 e. The van der Waals surface area contributed by atoms with Gasteiger partial charge >= 0.3 is 0 Å². The Labute approximate surface area is 209 Å². The van der Waals surface area contributed by atoms with E-state index < -0.39 is 29.3 Å². The van der Waals surface area contributed by atoms with Crippen molar-refractivity contribution in [2.75, 3.05) is 11.5 Å². The number of carbonyl (C=O) groups is 2. The molecule has 34 heavy (non-hydrogen) atoms. The Morgan fingerprint density at radius 1 is 1.03 bits per heavy atom. The van der Waals surface area contributed by atoms with Gasteiger partial charge in [0.05, 0.1) is 23.2 Å². The highest BCUT2D eigenvalue weighted by Crippen LogP contribution is 2.45. The molecule has 174 valence electrons. The maximum Gasteiger partial charge on any atom is 0.300 e. The lowest BCUT2D eigenvalue weighted by atomic mass is 9.94. The summed E-state index contributed by atoms with van der Waals surface area (Å²) < 4.78 is 20.4. The fourth-order valence-corrected chi connectivity index (χ4v) is 4.58. The van der Waals surface area contributed by atoms with E-state index >= 15 is 0 Å². The molecule has 9 heteroatoms. The van der Waals surface area contributed by atoms with Gasteiger partial charge in [-0.15, -0.1) is 0 Å². The van der Waals surface area contributed by atoms with Crippen molar-refractivity contribution in [1.29, 1.82) is 0 Å². The number of aliphatic hydroxyl groups excluding tert-OH is 1. The average molecular weight is 521 g/mol. The molecule has 3 aromatic carbocycles. The van der Waals surface area contributed by atoms with Crippen LogP contribution in [0.25, 0.3) is 5.76 Å². The van der Waals surface area contributed by atoms with Gasteiger partial charge in [-0.1, -0.05) is 53.0 Å². The number of aliphatic hydroxyl groups is 1. The maximum absolute atomic E-state index is 15.0. The quantitative estimate of drug-likeness (QED) is 0.228. The van der Waals surface area contributed by atoms with Gasteiger partial charge in [0, 0.05) is 26.9 Å². The summed E-state index contributed by atoms with van der Waals surface area (Å²) in [6.07, 6.45) is 0. The monoisotopic (exact) mass is 519 g/mol. The van der Waals surface area contributed by atoms with Crippen LogP contribution in [0.3, 0.4) is 0 Å². The van der Waals surface area contributed by atoms with Crippen LogP contribution in [-0.4, -0.2) is 23.4 Å². The molecule has 1 saturated heterocycles. The van der Waals surface area contributed by atoms with Crippen molar-refractivity contribution in [3.63, 3.8) is 0 Å². The predicted octanol–water partition coefficient (Wildman–Crippen LogP) is 6.81. The van der Waals surface area contributed by atoms with Crippen LogP contribution in [0.5, 0.6) is 5.75 Å². The zero-order valence-electron chi connectivity index (χ0n) is 17.7. The molecular weight excluding hydrogens is 504 g/mol.